The largest absolute Gasteiger partial charge is 0.435 e. The minimum Gasteiger partial charge on any atom is -0.435 e. The number of urea groups is 1. The van der Waals surface area contributed by atoms with E-state index in [2.05, 4.69) is 10.1 Å². The van der Waals surface area contributed by atoms with Crippen LogP contribution in [0.2, 0.25) is 5.02 Å². The molecule has 27 heavy (non-hydrogen) atoms. The predicted molar refractivity (Wildman–Crippen MR) is 90.9 cm³/mol. The number of nitrogens with zero attached hydrogens (tertiary/aromatic N) is 1. The normalized spacial score (nSPS) is 19.6. The van der Waals surface area contributed by atoms with Gasteiger partial charge in [0.2, 0.25) is 0 Å². The highest BCUT2D eigenvalue weighted by Gasteiger charge is 2.49. The third-order valence-corrected chi connectivity index (χ3v) is 4.66. The maximum absolute atomic E-state index is 14.0. The van der Waals surface area contributed by atoms with Crippen LogP contribution in [0.25, 0.3) is 0 Å². The van der Waals surface area contributed by atoms with Crippen LogP contribution >= 0.6 is 11.6 Å². The SMILES string of the molecule is C[C@]1(c2ccc(OC(F)F)cc2)NC(=O)N(Cc2c(F)cccc2Cl)C1=O. The number of imide groups is 1. The standard InChI is InChI=1S/C18H14ClF3N2O3/c1-18(10-5-7-11(8-6-10)27-16(21)22)15(25)24(17(26)23-18)9-12-13(19)3-2-4-14(12)20/h2-8,16H,9H2,1H3,(H,23,26)/t18-/m1/s1. The van der Waals surface area contributed by atoms with Gasteiger partial charge in [0.15, 0.2) is 0 Å². The van der Waals surface area contributed by atoms with Crippen LogP contribution in [-0.4, -0.2) is 23.4 Å². The number of carbonyl (C=O) groups is 2. The fourth-order valence-electron chi connectivity index (χ4n) is 2.85. The average Bonchev–Trinajstić information content (AvgIpc) is 2.82. The zero-order chi connectivity index (χ0) is 19.8. The summed E-state index contributed by atoms with van der Waals surface area (Å²) in [5.41, 5.74) is -1.05. The molecule has 9 heteroatoms. The summed E-state index contributed by atoms with van der Waals surface area (Å²) in [6.45, 7) is -1.84. The average molecular weight is 399 g/mol. The summed E-state index contributed by atoms with van der Waals surface area (Å²) >= 11 is 5.97. The number of benzene rings is 2. The molecule has 2 aromatic carbocycles. The van der Waals surface area contributed by atoms with Gasteiger partial charge in [-0.2, -0.15) is 8.78 Å². The van der Waals surface area contributed by atoms with Crippen molar-refractivity contribution >= 4 is 23.5 Å². The number of rotatable bonds is 5. The quantitative estimate of drug-likeness (QED) is 0.773. The van der Waals surface area contributed by atoms with Crippen molar-refractivity contribution in [2.45, 2.75) is 25.6 Å². The van der Waals surface area contributed by atoms with Gasteiger partial charge in [-0.3, -0.25) is 9.69 Å². The molecule has 1 aliphatic heterocycles. The van der Waals surface area contributed by atoms with Crippen LogP contribution < -0.4 is 10.1 Å². The lowest BCUT2D eigenvalue weighted by Gasteiger charge is -2.22. The third-order valence-electron chi connectivity index (χ3n) is 4.31. The van der Waals surface area contributed by atoms with Crippen molar-refractivity contribution in [3.8, 4) is 5.75 Å². The molecule has 1 N–H and O–H groups in total. The maximum Gasteiger partial charge on any atom is 0.387 e. The molecule has 3 amide bonds. The summed E-state index contributed by atoms with van der Waals surface area (Å²) in [4.78, 5) is 26.0. The van der Waals surface area contributed by atoms with Crippen molar-refractivity contribution in [3.63, 3.8) is 0 Å². The minimum atomic E-state index is -2.97. The molecule has 1 aliphatic rings. The lowest BCUT2D eigenvalue weighted by Crippen LogP contribution is -2.40. The van der Waals surface area contributed by atoms with Gasteiger partial charge < -0.3 is 10.1 Å². The van der Waals surface area contributed by atoms with E-state index in [1.54, 1.807) is 0 Å². The second-order valence-electron chi connectivity index (χ2n) is 6.05. The Morgan fingerprint density at radius 2 is 1.85 bits per heavy atom. The molecule has 0 aliphatic carbocycles. The first-order chi connectivity index (χ1) is 12.7. The number of halogens is 4. The number of carbonyl (C=O) groups excluding carboxylic acids is 2. The zero-order valence-electron chi connectivity index (χ0n) is 14.0. The lowest BCUT2D eigenvalue weighted by atomic mass is 9.92. The van der Waals surface area contributed by atoms with E-state index in [9.17, 15) is 22.8 Å². The summed E-state index contributed by atoms with van der Waals surface area (Å²) in [5.74, 6) is -1.33. The first-order valence-corrected chi connectivity index (χ1v) is 8.22. The monoisotopic (exact) mass is 398 g/mol. The predicted octanol–water partition coefficient (Wildman–Crippen LogP) is 4.05. The van der Waals surface area contributed by atoms with E-state index in [-0.39, 0.29) is 22.9 Å². The topological polar surface area (TPSA) is 58.6 Å². The van der Waals surface area contributed by atoms with Gasteiger partial charge in [-0.25, -0.2) is 9.18 Å². The molecule has 0 bridgehead atoms. The van der Waals surface area contributed by atoms with Crippen LogP contribution in [0, 0.1) is 5.82 Å². The van der Waals surface area contributed by atoms with Crippen molar-refractivity contribution in [2.75, 3.05) is 0 Å². The summed E-state index contributed by atoms with van der Waals surface area (Å²) in [5, 5.41) is 2.64. The van der Waals surface area contributed by atoms with Gasteiger partial charge in [0.25, 0.3) is 5.91 Å². The summed E-state index contributed by atoms with van der Waals surface area (Å²) in [6.07, 6.45) is 0. The minimum absolute atomic E-state index is 0.0209. The highest BCUT2D eigenvalue weighted by atomic mass is 35.5. The molecule has 1 heterocycles. The van der Waals surface area contributed by atoms with Gasteiger partial charge in [0.05, 0.1) is 6.54 Å². The van der Waals surface area contributed by atoms with Gasteiger partial charge in [0.1, 0.15) is 17.1 Å². The molecule has 1 saturated heterocycles. The van der Waals surface area contributed by atoms with Crippen molar-refractivity contribution in [1.82, 2.24) is 10.2 Å². The van der Waals surface area contributed by atoms with Crippen LogP contribution in [0.5, 0.6) is 5.75 Å². The second kappa shape index (κ2) is 7.11. The van der Waals surface area contributed by atoms with Crippen LogP contribution in [-0.2, 0) is 16.9 Å². The Kier molecular flexibility index (Phi) is 5.01. The van der Waals surface area contributed by atoms with Crippen LogP contribution in [0.15, 0.2) is 42.5 Å². The van der Waals surface area contributed by atoms with E-state index >= 15 is 0 Å². The van der Waals surface area contributed by atoms with E-state index in [1.165, 1.54) is 49.4 Å². The van der Waals surface area contributed by atoms with Gasteiger partial charge in [-0.1, -0.05) is 29.8 Å². The van der Waals surface area contributed by atoms with Gasteiger partial charge in [0, 0.05) is 10.6 Å². The Hall–Kier alpha value is -2.74. The van der Waals surface area contributed by atoms with E-state index in [1.807, 2.05) is 0 Å². The summed E-state index contributed by atoms with van der Waals surface area (Å²) in [7, 11) is 0. The number of alkyl halides is 2. The highest BCUT2D eigenvalue weighted by Crippen LogP contribution is 2.32. The van der Waals surface area contributed by atoms with Crippen molar-refractivity contribution in [2.24, 2.45) is 0 Å². The molecule has 0 aromatic heterocycles. The van der Waals surface area contributed by atoms with E-state index in [0.29, 0.717) is 5.56 Å². The number of hydrogen-bond donors (Lipinski definition) is 1. The Labute approximate surface area is 157 Å². The molecule has 0 unspecified atom stereocenters. The fourth-order valence-corrected chi connectivity index (χ4v) is 3.07. The molecule has 0 radical (unpaired) electrons. The Balaban J connectivity index is 1.86. The molecular weight excluding hydrogens is 385 g/mol. The molecule has 0 saturated carbocycles. The van der Waals surface area contributed by atoms with Crippen molar-refractivity contribution in [3.05, 3.63) is 64.4 Å². The zero-order valence-corrected chi connectivity index (χ0v) is 14.8. The molecule has 2 aromatic rings. The van der Waals surface area contributed by atoms with E-state index in [4.69, 9.17) is 11.6 Å². The lowest BCUT2D eigenvalue weighted by molar-refractivity contribution is -0.131. The van der Waals surface area contributed by atoms with Crippen LogP contribution in [0.4, 0.5) is 18.0 Å². The maximum atomic E-state index is 14.0. The molecule has 3 rings (SSSR count). The van der Waals surface area contributed by atoms with E-state index < -0.39 is 29.9 Å². The molecule has 0 spiro atoms. The first-order valence-electron chi connectivity index (χ1n) is 7.84. The highest BCUT2D eigenvalue weighted by molar-refractivity contribution is 6.31. The third kappa shape index (κ3) is 3.57. The molecule has 1 atom stereocenters. The smallest absolute Gasteiger partial charge is 0.387 e. The summed E-state index contributed by atoms with van der Waals surface area (Å²) < 4.78 is 42.8. The Morgan fingerprint density at radius 1 is 1.19 bits per heavy atom. The molecular formula is C18H14ClF3N2O3. The summed E-state index contributed by atoms with van der Waals surface area (Å²) in [6, 6.07) is 8.67. The van der Waals surface area contributed by atoms with Crippen LogP contribution in [0.1, 0.15) is 18.1 Å². The van der Waals surface area contributed by atoms with Crippen molar-refractivity contribution < 1.29 is 27.5 Å². The van der Waals surface area contributed by atoms with Gasteiger partial charge in [-0.05, 0) is 36.8 Å². The number of hydrogen-bond acceptors (Lipinski definition) is 3. The molecule has 5 nitrogen and oxygen atoms in total. The number of nitrogens with one attached hydrogen (secondary N) is 1. The second-order valence-corrected chi connectivity index (χ2v) is 6.46. The Morgan fingerprint density at radius 3 is 2.44 bits per heavy atom. The van der Waals surface area contributed by atoms with Crippen molar-refractivity contribution in [1.29, 1.82) is 0 Å². The molecule has 1 fully saturated rings. The Bertz CT molecular complexity index is 872. The number of amides is 3. The molecule has 142 valence electrons. The fraction of sp³-hybridized carbons (Fsp3) is 0.222. The van der Waals surface area contributed by atoms with Gasteiger partial charge >= 0.3 is 12.6 Å². The number of ether oxygens (including phenoxy) is 1. The van der Waals surface area contributed by atoms with Crippen LogP contribution in [0.3, 0.4) is 0 Å². The first kappa shape index (κ1) is 19.0. The van der Waals surface area contributed by atoms with E-state index in [0.717, 1.165) is 4.90 Å². The van der Waals surface area contributed by atoms with Gasteiger partial charge in [-0.15, -0.1) is 0 Å².